The van der Waals surface area contributed by atoms with Crippen molar-refractivity contribution in [1.29, 1.82) is 0 Å². The number of sulfonamides is 1. The van der Waals surface area contributed by atoms with Crippen LogP contribution in [0.5, 0.6) is 0 Å². The fraction of sp³-hybridized carbons (Fsp3) is 0.364. The van der Waals surface area contributed by atoms with E-state index in [-0.39, 0.29) is 23.0 Å². The van der Waals surface area contributed by atoms with Crippen LogP contribution in [0.3, 0.4) is 0 Å². The zero-order valence-corrected chi connectivity index (χ0v) is 11.6. The average Bonchev–Trinajstić information content (AvgIpc) is 2.70. The van der Waals surface area contributed by atoms with Gasteiger partial charge < -0.3 is 15.9 Å². The Morgan fingerprint density at radius 1 is 1.21 bits per heavy atom. The lowest BCUT2D eigenvalue weighted by atomic mass is 10.2. The summed E-state index contributed by atoms with van der Waals surface area (Å²) in [7, 11) is -3.72. The predicted molar refractivity (Wildman–Crippen MR) is 73.1 cm³/mol. The molecule has 0 bridgehead atoms. The molecule has 0 aliphatic carbocycles. The number of aliphatic hydroxyl groups is 2. The van der Waals surface area contributed by atoms with Gasteiger partial charge in [-0.2, -0.15) is 4.31 Å². The summed E-state index contributed by atoms with van der Waals surface area (Å²) in [5, 5.41) is 18.8. The van der Waals surface area contributed by atoms with E-state index in [1.54, 1.807) is 0 Å². The van der Waals surface area contributed by atoms with Gasteiger partial charge in [0.2, 0.25) is 10.0 Å². The predicted octanol–water partition coefficient (Wildman–Crippen LogP) is -0.953. The second-order valence-corrected chi connectivity index (χ2v) is 6.72. The largest absolute Gasteiger partial charge is 0.389 e. The molecule has 1 aromatic rings. The molecule has 0 radical (unpaired) electrons. The smallest absolute Gasteiger partial charge is 0.243 e. The van der Waals surface area contributed by atoms with Crippen LogP contribution in [-0.2, 0) is 10.0 Å². The van der Waals surface area contributed by atoms with Crippen LogP contribution < -0.4 is 5.73 Å². The van der Waals surface area contributed by atoms with Crippen LogP contribution in [0.15, 0.2) is 29.2 Å². The third kappa shape index (κ3) is 2.77. The number of aliphatic hydroxyl groups excluding tert-OH is 2. The molecule has 2 rings (SSSR count). The van der Waals surface area contributed by atoms with E-state index in [0.29, 0.717) is 5.56 Å². The molecule has 1 saturated heterocycles. The van der Waals surface area contributed by atoms with Crippen LogP contribution >= 0.6 is 12.2 Å². The number of hydrogen-bond acceptors (Lipinski definition) is 5. The second kappa shape index (κ2) is 5.14. The van der Waals surface area contributed by atoms with Crippen LogP contribution in [0, 0.1) is 0 Å². The van der Waals surface area contributed by atoms with E-state index in [1.165, 1.54) is 24.3 Å². The number of thiocarbonyl (C=S) groups is 1. The van der Waals surface area contributed by atoms with Crippen molar-refractivity contribution in [1.82, 2.24) is 4.31 Å². The highest BCUT2D eigenvalue weighted by Gasteiger charge is 2.37. The molecule has 0 amide bonds. The highest BCUT2D eigenvalue weighted by atomic mass is 32.2. The minimum Gasteiger partial charge on any atom is -0.389 e. The maximum absolute atomic E-state index is 12.2. The monoisotopic (exact) mass is 302 g/mol. The molecule has 8 heteroatoms. The van der Waals surface area contributed by atoms with Crippen molar-refractivity contribution in [3.05, 3.63) is 29.8 Å². The van der Waals surface area contributed by atoms with Gasteiger partial charge in [-0.15, -0.1) is 0 Å². The third-order valence-electron chi connectivity index (χ3n) is 3.00. The van der Waals surface area contributed by atoms with Crippen LogP contribution in [-0.4, -0.2) is 53.2 Å². The first-order valence-corrected chi connectivity index (χ1v) is 7.43. The Bertz CT molecular complexity index is 575. The van der Waals surface area contributed by atoms with Crippen LogP contribution in [0.1, 0.15) is 5.56 Å². The van der Waals surface area contributed by atoms with Gasteiger partial charge in [-0.05, 0) is 12.1 Å². The Balaban J connectivity index is 2.27. The standard InChI is InChI=1S/C11H14N2O4S2/c12-11(18)7-1-3-8(4-2-7)19(16,17)13-5-9(14)10(15)6-13/h1-4,9-10,14-15H,5-6H2,(H2,12,18). The first-order chi connectivity index (χ1) is 8.82. The molecule has 19 heavy (non-hydrogen) atoms. The molecular weight excluding hydrogens is 288 g/mol. The van der Waals surface area contributed by atoms with Gasteiger partial charge in [-0.25, -0.2) is 8.42 Å². The summed E-state index contributed by atoms with van der Waals surface area (Å²) in [4.78, 5) is 0.268. The summed E-state index contributed by atoms with van der Waals surface area (Å²) in [6.07, 6.45) is -2.10. The molecule has 0 spiro atoms. The maximum Gasteiger partial charge on any atom is 0.243 e. The molecule has 1 heterocycles. The number of nitrogens with zero attached hydrogens (tertiary/aromatic N) is 1. The summed E-state index contributed by atoms with van der Waals surface area (Å²) in [5.74, 6) is 0. The number of β-amino-alcohol motifs (C(OH)–C–C–N with tert-alkyl or cyclic N) is 2. The minimum absolute atomic E-state index is 0.0776. The molecule has 6 nitrogen and oxygen atoms in total. The van der Waals surface area contributed by atoms with Crippen LogP contribution in [0.25, 0.3) is 0 Å². The average molecular weight is 302 g/mol. The van der Waals surface area contributed by atoms with E-state index in [4.69, 9.17) is 18.0 Å². The van der Waals surface area contributed by atoms with E-state index in [0.717, 1.165) is 4.31 Å². The molecule has 2 atom stereocenters. The highest BCUT2D eigenvalue weighted by molar-refractivity contribution is 7.89. The molecule has 2 unspecified atom stereocenters. The number of nitrogens with two attached hydrogens (primary N) is 1. The van der Waals surface area contributed by atoms with Crippen molar-refractivity contribution in [3.8, 4) is 0 Å². The van der Waals surface area contributed by atoms with Crippen LogP contribution in [0.4, 0.5) is 0 Å². The lowest BCUT2D eigenvalue weighted by molar-refractivity contribution is 0.0572. The fourth-order valence-corrected chi connectivity index (χ4v) is 3.48. The molecule has 4 N–H and O–H groups in total. The topological polar surface area (TPSA) is 104 Å². The van der Waals surface area contributed by atoms with Crippen molar-refractivity contribution >= 4 is 27.2 Å². The zero-order valence-electron chi connectivity index (χ0n) is 9.93. The first kappa shape index (κ1) is 14.4. The van der Waals surface area contributed by atoms with Crippen molar-refractivity contribution in [2.24, 2.45) is 5.73 Å². The van der Waals surface area contributed by atoms with Crippen molar-refractivity contribution in [2.45, 2.75) is 17.1 Å². The van der Waals surface area contributed by atoms with Gasteiger partial charge in [0, 0.05) is 18.7 Å². The molecule has 0 saturated carbocycles. The molecule has 1 aromatic carbocycles. The van der Waals surface area contributed by atoms with Gasteiger partial charge in [0.05, 0.1) is 17.1 Å². The quantitative estimate of drug-likeness (QED) is 0.622. The van der Waals surface area contributed by atoms with E-state index in [2.05, 4.69) is 0 Å². The van der Waals surface area contributed by atoms with E-state index in [9.17, 15) is 18.6 Å². The van der Waals surface area contributed by atoms with Crippen molar-refractivity contribution in [3.63, 3.8) is 0 Å². The minimum atomic E-state index is -3.72. The molecule has 104 valence electrons. The summed E-state index contributed by atoms with van der Waals surface area (Å²) in [5.41, 5.74) is 6.02. The Morgan fingerprint density at radius 2 is 1.68 bits per heavy atom. The van der Waals surface area contributed by atoms with E-state index >= 15 is 0 Å². The fourth-order valence-electron chi connectivity index (χ4n) is 1.87. The molecule has 1 aliphatic heterocycles. The number of hydrogen-bond donors (Lipinski definition) is 3. The van der Waals surface area contributed by atoms with Gasteiger partial charge in [-0.1, -0.05) is 24.4 Å². The van der Waals surface area contributed by atoms with Gasteiger partial charge in [0.25, 0.3) is 0 Å². The molecule has 0 aromatic heterocycles. The lowest BCUT2D eigenvalue weighted by Gasteiger charge is -2.15. The summed E-state index contributed by atoms with van der Waals surface area (Å²) < 4.78 is 25.5. The molecule has 1 fully saturated rings. The second-order valence-electron chi connectivity index (χ2n) is 4.35. The Kier molecular flexibility index (Phi) is 3.88. The van der Waals surface area contributed by atoms with E-state index < -0.39 is 22.2 Å². The Labute approximate surface area is 116 Å². The van der Waals surface area contributed by atoms with Crippen LogP contribution in [0.2, 0.25) is 0 Å². The normalized spacial score (nSPS) is 24.5. The summed E-state index contributed by atoms with van der Waals surface area (Å²) >= 11 is 4.79. The molecular formula is C11H14N2O4S2. The Morgan fingerprint density at radius 3 is 2.11 bits per heavy atom. The number of benzene rings is 1. The number of rotatable bonds is 3. The SMILES string of the molecule is NC(=S)c1ccc(S(=O)(=O)N2CC(O)C(O)C2)cc1. The maximum atomic E-state index is 12.2. The van der Waals surface area contributed by atoms with Gasteiger partial charge >= 0.3 is 0 Å². The van der Waals surface area contributed by atoms with Gasteiger partial charge in [0.1, 0.15) is 4.99 Å². The Hall–Kier alpha value is -1.06. The highest BCUT2D eigenvalue weighted by Crippen LogP contribution is 2.21. The molecule has 1 aliphatic rings. The third-order valence-corrected chi connectivity index (χ3v) is 5.08. The van der Waals surface area contributed by atoms with Gasteiger partial charge in [0.15, 0.2) is 0 Å². The lowest BCUT2D eigenvalue weighted by Crippen LogP contribution is -2.30. The first-order valence-electron chi connectivity index (χ1n) is 5.58. The summed E-state index contributed by atoms with van der Waals surface area (Å²) in [6.45, 7) is -0.221. The van der Waals surface area contributed by atoms with Crippen molar-refractivity contribution in [2.75, 3.05) is 13.1 Å². The summed E-state index contributed by atoms with van der Waals surface area (Å²) in [6, 6.07) is 5.86. The van der Waals surface area contributed by atoms with Gasteiger partial charge in [-0.3, -0.25) is 0 Å². The van der Waals surface area contributed by atoms with Crippen molar-refractivity contribution < 1.29 is 18.6 Å². The zero-order chi connectivity index (χ0) is 14.2. The van der Waals surface area contributed by atoms with E-state index in [1.807, 2.05) is 0 Å².